The minimum Gasteiger partial charge on any atom is -0.490 e. The zero-order valence-corrected chi connectivity index (χ0v) is 18.1. The smallest absolute Gasteiger partial charge is 0.241 e. The molecule has 0 radical (unpaired) electrons. The zero-order valence-electron chi connectivity index (χ0n) is 17.3. The van der Waals surface area contributed by atoms with Crippen molar-refractivity contribution >= 4 is 15.9 Å². The maximum absolute atomic E-state index is 13.0. The first-order valence-corrected chi connectivity index (χ1v) is 12.1. The van der Waals surface area contributed by atoms with E-state index >= 15 is 0 Å². The summed E-state index contributed by atoms with van der Waals surface area (Å²) in [5, 5.41) is 3.06. The number of carbonyl (C=O) groups is 1. The van der Waals surface area contributed by atoms with Gasteiger partial charge in [-0.1, -0.05) is 39.5 Å². The van der Waals surface area contributed by atoms with Gasteiger partial charge in [0.25, 0.3) is 0 Å². The predicted octanol–water partition coefficient (Wildman–Crippen LogP) is 2.99. The number of hydrogen-bond donors (Lipinski definition) is 2. The van der Waals surface area contributed by atoms with E-state index in [0.29, 0.717) is 24.7 Å². The second-order valence-corrected chi connectivity index (χ2v) is 9.91. The van der Waals surface area contributed by atoms with Crippen molar-refractivity contribution in [3.05, 3.63) is 18.2 Å². The van der Waals surface area contributed by atoms with E-state index in [4.69, 9.17) is 9.47 Å². The third-order valence-corrected chi connectivity index (χ3v) is 6.90. The van der Waals surface area contributed by atoms with Crippen LogP contribution in [0.15, 0.2) is 23.1 Å². The number of carbonyl (C=O) groups excluding carboxylic acids is 1. The van der Waals surface area contributed by atoms with Gasteiger partial charge in [-0.05, 0) is 30.9 Å². The fourth-order valence-electron chi connectivity index (χ4n) is 3.75. The maximum Gasteiger partial charge on any atom is 0.241 e. The van der Waals surface area contributed by atoms with E-state index in [1.54, 1.807) is 6.07 Å². The Hall–Kier alpha value is -1.80. The number of ether oxygens (including phenoxy) is 2. The molecule has 2 aliphatic rings. The summed E-state index contributed by atoms with van der Waals surface area (Å²) in [7, 11) is -3.89. The van der Waals surface area contributed by atoms with Crippen LogP contribution < -0.4 is 19.5 Å². The molecule has 2 N–H and O–H groups in total. The van der Waals surface area contributed by atoms with Crippen LogP contribution in [0, 0.1) is 5.92 Å². The van der Waals surface area contributed by atoms with Gasteiger partial charge in [0.1, 0.15) is 6.04 Å². The molecule has 29 heavy (non-hydrogen) atoms. The molecule has 3 rings (SSSR count). The molecule has 0 unspecified atom stereocenters. The third kappa shape index (κ3) is 5.85. The van der Waals surface area contributed by atoms with Crippen molar-refractivity contribution < 1.29 is 22.7 Å². The molecule has 1 aliphatic heterocycles. The summed E-state index contributed by atoms with van der Waals surface area (Å²) in [6.45, 7) is 4.69. The molecule has 8 heteroatoms. The Balaban J connectivity index is 1.73. The lowest BCUT2D eigenvalue weighted by molar-refractivity contribution is -0.124. The standard InChI is InChI=1S/C21H32N2O5S/c1-15(2)20(21(24)22-16-8-5-3-4-6-9-16)23-29(25,26)17-10-11-18-19(14-17)28-13-7-12-27-18/h10-11,14-16,20,23H,3-9,12-13H2,1-2H3,(H,22,24)/t20-/m0/s1. The fraction of sp³-hybridized carbons (Fsp3) is 0.667. The van der Waals surface area contributed by atoms with E-state index in [9.17, 15) is 13.2 Å². The fourth-order valence-corrected chi connectivity index (χ4v) is 5.11. The Bertz CT molecular complexity index is 801. The van der Waals surface area contributed by atoms with Gasteiger partial charge in [0.2, 0.25) is 15.9 Å². The largest absolute Gasteiger partial charge is 0.490 e. The SMILES string of the molecule is CC(C)[C@H](NS(=O)(=O)c1ccc2c(c1)OCCCO2)C(=O)NC1CCCCCC1. The highest BCUT2D eigenvalue weighted by atomic mass is 32.2. The molecule has 1 saturated carbocycles. The Kier molecular flexibility index (Phi) is 7.40. The lowest BCUT2D eigenvalue weighted by Crippen LogP contribution is -2.51. The number of sulfonamides is 1. The van der Waals surface area contributed by atoms with Crippen molar-refractivity contribution in [3.63, 3.8) is 0 Å². The predicted molar refractivity (Wildman–Crippen MR) is 111 cm³/mol. The summed E-state index contributed by atoms with van der Waals surface area (Å²) in [6, 6.07) is 3.83. The van der Waals surface area contributed by atoms with Crippen molar-refractivity contribution in [2.75, 3.05) is 13.2 Å². The van der Waals surface area contributed by atoms with Crippen molar-refractivity contribution in [2.24, 2.45) is 5.92 Å². The molecule has 0 bridgehead atoms. The lowest BCUT2D eigenvalue weighted by atomic mass is 10.0. The third-order valence-electron chi connectivity index (χ3n) is 5.46. The van der Waals surface area contributed by atoms with Crippen LogP contribution >= 0.6 is 0 Å². The second-order valence-electron chi connectivity index (χ2n) is 8.20. The van der Waals surface area contributed by atoms with E-state index in [2.05, 4.69) is 10.0 Å². The van der Waals surface area contributed by atoms with Crippen LogP contribution in [-0.4, -0.2) is 39.6 Å². The van der Waals surface area contributed by atoms with Crippen LogP contribution in [0.1, 0.15) is 58.8 Å². The highest BCUT2D eigenvalue weighted by Gasteiger charge is 2.30. The molecule has 1 aromatic rings. The highest BCUT2D eigenvalue weighted by molar-refractivity contribution is 7.89. The van der Waals surface area contributed by atoms with Gasteiger partial charge in [0.15, 0.2) is 11.5 Å². The van der Waals surface area contributed by atoms with Crippen molar-refractivity contribution in [2.45, 2.75) is 75.8 Å². The average Bonchev–Trinajstić information content (AvgIpc) is 3.08. The minimum absolute atomic E-state index is 0.0645. The van der Waals surface area contributed by atoms with Gasteiger partial charge in [-0.2, -0.15) is 4.72 Å². The Morgan fingerprint density at radius 2 is 1.66 bits per heavy atom. The number of hydrogen-bond acceptors (Lipinski definition) is 5. The Morgan fingerprint density at radius 1 is 1.00 bits per heavy atom. The summed E-state index contributed by atoms with van der Waals surface area (Å²) >= 11 is 0. The van der Waals surface area contributed by atoms with E-state index < -0.39 is 16.1 Å². The van der Waals surface area contributed by atoms with E-state index in [0.717, 1.165) is 32.1 Å². The van der Waals surface area contributed by atoms with Crippen LogP contribution in [0.3, 0.4) is 0 Å². The maximum atomic E-state index is 13.0. The van der Waals surface area contributed by atoms with Gasteiger partial charge in [0, 0.05) is 18.5 Å². The van der Waals surface area contributed by atoms with Crippen LogP contribution in [0.2, 0.25) is 0 Å². The first-order chi connectivity index (χ1) is 13.9. The van der Waals surface area contributed by atoms with Gasteiger partial charge < -0.3 is 14.8 Å². The summed E-state index contributed by atoms with van der Waals surface area (Å²) in [5.74, 6) is 0.503. The molecule has 7 nitrogen and oxygen atoms in total. The van der Waals surface area contributed by atoms with Gasteiger partial charge in [-0.3, -0.25) is 4.79 Å². The minimum atomic E-state index is -3.89. The van der Waals surface area contributed by atoms with Crippen molar-refractivity contribution in [1.29, 1.82) is 0 Å². The van der Waals surface area contributed by atoms with E-state index in [1.807, 2.05) is 13.8 Å². The number of rotatable bonds is 6. The topological polar surface area (TPSA) is 93.7 Å². The van der Waals surface area contributed by atoms with Gasteiger partial charge in [-0.25, -0.2) is 8.42 Å². The molecule has 1 aromatic carbocycles. The first kappa shape index (κ1) is 21.9. The Morgan fingerprint density at radius 3 is 2.31 bits per heavy atom. The summed E-state index contributed by atoms with van der Waals surface area (Å²) in [4.78, 5) is 12.9. The first-order valence-electron chi connectivity index (χ1n) is 10.6. The van der Waals surface area contributed by atoms with Gasteiger partial charge >= 0.3 is 0 Å². The highest BCUT2D eigenvalue weighted by Crippen LogP contribution is 2.32. The van der Waals surface area contributed by atoms with Crippen LogP contribution in [0.25, 0.3) is 0 Å². The number of benzene rings is 1. The van der Waals surface area contributed by atoms with Gasteiger partial charge in [0.05, 0.1) is 18.1 Å². The molecule has 0 aromatic heterocycles. The monoisotopic (exact) mass is 424 g/mol. The number of amides is 1. The lowest BCUT2D eigenvalue weighted by Gasteiger charge is -2.25. The normalized spacial score (nSPS) is 19.3. The molecular weight excluding hydrogens is 392 g/mol. The number of nitrogens with one attached hydrogen (secondary N) is 2. The summed E-state index contributed by atoms with van der Waals surface area (Å²) in [5.41, 5.74) is 0. The molecule has 1 atom stereocenters. The molecule has 0 saturated heterocycles. The molecule has 1 fully saturated rings. The molecule has 0 spiro atoms. The second kappa shape index (κ2) is 9.80. The van der Waals surface area contributed by atoms with E-state index in [1.165, 1.54) is 25.0 Å². The molecule has 162 valence electrons. The summed E-state index contributed by atoms with van der Waals surface area (Å²) < 4.78 is 39.7. The van der Waals surface area contributed by atoms with Crippen molar-refractivity contribution in [3.8, 4) is 11.5 Å². The average molecular weight is 425 g/mol. The quantitative estimate of drug-likeness (QED) is 0.685. The van der Waals surface area contributed by atoms with Gasteiger partial charge in [-0.15, -0.1) is 0 Å². The van der Waals surface area contributed by atoms with Crippen LogP contribution in [0.5, 0.6) is 11.5 Å². The number of fused-ring (bicyclic) bond motifs is 1. The summed E-state index contributed by atoms with van der Waals surface area (Å²) in [6.07, 6.45) is 7.22. The molecule has 1 aliphatic carbocycles. The zero-order chi connectivity index (χ0) is 20.9. The Labute approximate surface area is 173 Å². The molecule has 1 amide bonds. The van der Waals surface area contributed by atoms with Crippen LogP contribution in [0.4, 0.5) is 0 Å². The molecule has 1 heterocycles. The van der Waals surface area contributed by atoms with Crippen molar-refractivity contribution in [1.82, 2.24) is 10.0 Å². The van der Waals surface area contributed by atoms with E-state index in [-0.39, 0.29) is 22.8 Å². The van der Waals surface area contributed by atoms with Crippen LogP contribution in [-0.2, 0) is 14.8 Å². The molecular formula is C21H32N2O5S.